The van der Waals surface area contributed by atoms with Gasteiger partial charge in [0, 0.05) is 205 Å². The van der Waals surface area contributed by atoms with Gasteiger partial charge in [-0.15, -0.1) is 0 Å². The number of hydrogen-bond acceptors (Lipinski definition) is 23. The number of likely N-dealkylation sites (tertiary alicyclic amines) is 3. The van der Waals surface area contributed by atoms with Crippen LogP contribution in [0.25, 0.3) is 32.6 Å². The number of likely N-dealkylation sites (N-methyl/N-ethyl adjacent to an activating group) is 3. The molecule has 129 heavy (non-hydrogen) atoms. The SMILES string of the molecule is C.C=CC(=O)N1CCN(c2nc(OC[C@@H]3CC(C)(F)CN3C)nc3c2CCN(c2c(C)c(C)cc4[nH]ccc24)C3)CC1.C=CC(=O)N1CCN(c2nc(OC[C@@H]3CC(C)(F)CN3C)nc3c2CCN(c2c(C)c(C)cc4[nH]ncc24)C3)CC1.C=CC(=O)N1CCN(c2nc(OC[C@@H]3CC(C)(F)CN3C)nc3c2CCN(c2cccc4cccc(Cl)c24)C3)C[C@@H]1CC#N.S.S. The molecule has 0 aliphatic carbocycles. The predicted molar refractivity (Wildman–Crippen MR) is 514 cm³/mol. The number of fused-ring (bicyclic) bond motifs is 6. The lowest BCUT2D eigenvalue weighted by atomic mass is 9.99. The van der Waals surface area contributed by atoms with E-state index in [4.69, 9.17) is 55.7 Å². The van der Waals surface area contributed by atoms with E-state index in [0.717, 1.165) is 117 Å². The fourth-order valence-corrected chi connectivity index (χ4v) is 20.5. The molecule has 6 saturated heterocycles. The summed E-state index contributed by atoms with van der Waals surface area (Å²) < 4.78 is 62.7. The number of rotatable bonds is 19. The van der Waals surface area contributed by atoms with Gasteiger partial charge in [-0.2, -0.15) is 67.3 Å². The molecule has 34 heteroatoms. The molecule has 28 nitrogen and oxygen atoms in total. The van der Waals surface area contributed by atoms with E-state index in [1.54, 1.807) is 25.7 Å². The highest BCUT2D eigenvalue weighted by Crippen LogP contribution is 2.44. The zero-order valence-electron chi connectivity index (χ0n) is 75.1. The molecule has 4 aromatic carbocycles. The minimum absolute atomic E-state index is 0. The highest BCUT2D eigenvalue weighted by Gasteiger charge is 2.44. The van der Waals surface area contributed by atoms with Crippen LogP contribution in [0.5, 0.6) is 18.0 Å². The number of halogens is 4. The van der Waals surface area contributed by atoms with E-state index in [1.165, 1.54) is 57.2 Å². The summed E-state index contributed by atoms with van der Waals surface area (Å²) in [5, 5.41) is 22.0. The lowest BCUT2D eigenvalue weighted by Crippen LogP contribution is -2.55. The van der Waals surface area contributed by atoms with Crippen LogP contribution in [0.15, 0.2) is 105 Å². The van der Waals surface area contributed by atoms with Crippen LogP contribution in [0.4, 0.5) is 47.7 Å². The molecule has 18 rings (SSSR count). The number of carbonyl (C=O) groups excluding carboxylic acids is 3. The van der Waals surface area contributed by atoms with Gasteiger partial charge in [0.2, 0.25) is 17.7 Å². The van der Waals surface area contributed by atoms with Crippen molar-refractivity contribution in [2.75, 3.05) is 182 Å². The molecule has 0 spiro atoms. The third kappa shape index (κ3) is 20.6. The van der Waals surface area contributed by atoms with Gasteiger partial charge in [-0.3, -0.25) is 34.2 Å². The van der Waals surface area contributed by atoms with Crippen molar-refractivity contribution in [3.63, 3.8) is 0 Å². The van der Waals surface area contributed by atoms with Crippen molar-refractivity contribution in [2.24, 2.45) is 0 Å². The Morgan fingerprint density at radius 2 is 0.953 bits per heavy atom. The summed E-state index contributed by atoms with van der Waals surface area (Å²) in [6, 6.07) is 21.3. The molecule has 3 unspecified atom stereocenters. The van der Waals surface area contributed by atoms with Gasteiger partial charge in [0.25, 0.3) is 0 Å². The van der Waals surface area contributed by atoms with Crippen LogP contribution in [0.2, 0.25) is 5.02 Å². The normalized spacial score (nSPS) is 22.9. The zero-order chi connectivity index (χ0) is 88.8. The number of alkyl halides is 3. The molecular formula is C95H124ClF3N22O6S2. The largest absolute Gasteiger partial charge is 0.462 e. The van der Waals surface area contributed by atoms with Crippen LogP contribution in [0.3, 0.4) is 0 Å². The number of aromatic nitrogens is 9. The summed E-state index contributed by atoms with van der Waals surface area (Å²) in [6.07, 6.45) is 11.7. The van der Waals surface area contributed by atoms with Crippen LogP contribution in [-0.2, 0) is 53.3 Å². The van der Waals surface area contributed by atoms with Crippen LogP contribution >= 0.6 is 38.6 Å². The second kappa shape index (κ2) is 40.0. The van der Waals surface area contributed by atoms with Gasteiger partial charge in [-0.1, -0.05) is 63.0 Å². The quantitative estimate of drug-likeness (QED) is 0.0713. The predicted octanol–water partition coefficient (Wildman–Crippen LogP) is 12.6. The van der Waals surface area contributed by atoms with Crippen molar-refractivity contribution < 1.29 is 41.8 Å². The second-order valence-corrected chi connectivity index (χ2v) is 36.6. The zero-order valence-corrected chi connectivity index (χ0v) is 77.9. The van der Waals surface area contributed by atoms with Crippen LogP contribution in [0, 0.1) is 39.0 Å². The highest BCUT2D eigenvalue weighted by atomic mass is 35.5. The lowest BCUT2D eigenvalue weighted by Gasteiger charge is -2.42. The monoisotopic (exact) mass is 1820 g/mol. The average molecular weight is 1830 g/mol. The molecule has 6 fully saturated rings. The van der Waals surface area contributed by atoms with Crippen molar-refractivity contribution >= 4 is 123 Å². The summed E-state index contributed by atoms with van der Waals surface area (Å²) in [7, 11) is 5.77. The van der Waals surface area contributed by atoms with Crippen molar-refractivity contribution in [2.45, 2.75) is 162 Å². The Labute approximate surface area is 773 Å². The summed E-state index contributed by atoms with van der Waals surface area (Å²) in [5.41, 5.74) is 12.9. The molecule has 7 atom stereocenters. The number of ether oxygens (including phenoxy) is 3. The maximum absolute atomic E-state index is 14.7. The first kappa shape index (κ1) is 95.9. The minimum atomic E-state index is -1.26. The molecule has 3 amide bonds. The summed E-state index contributed by atoms with van der Waals surface area (Å²) in [6.45, 7) is 37.3. The van der Waals surface area contributed by atoms with E-state index in [0.29, 0.717) is 167 Å². The number of benzene rings is 4. The van der Waals surface area contributed by atoms with Gasteiger partial charge in [0.05, 0.1) is 77.7 Å². The first-order valence-corrected chi connectivity index (χ1v) is 44.4. The summed E-state index contributed by atoms with van der Waals surface area (Å²) >= 11 is 6.69. The molecule has 0 saturated carbocycles. The van der Waals surface area contributed by atoms with Crippen molar-refractivity contribution in [3.05, 3.63) is 166 Å². The van der Waals surface area contributed by atoms with Crippen LogP contribution in [-0.4, -0.2) is 286 Å². The van der Waals surface area contributed by atoms with Crippen molar-refractivity contribution in [1.82, 2.24) is 74.5 Å². The standard InChI is InChI=1S/C33H37ClFN7O2.C31H40FN7O2.C30H39FN8O2.CH4.2H2S/c1-4-29(43)42-16-15-41(18-23(42)11-13-36)31-25-12-14-40(28-10-6-8-22-7-5-9-26(34)30(22)28)19-27(25)37-32(38-31)44-20-24-17-33(2,35)21-39(24)3;1-6-27(40)37-11-13-38(14-12-37)29-24-8-10-39(28-21(3)20(2)15-25-23(28)7-9-33-25)17-26(24)34-30(35-29)41-18-22-16-31(4,32)19-36(22)5;1-6-26(40)37-9-11-38(12-10-37)28-22-7-8-39(27-20(3)19(2)13-24-23(27)15-32-35-24)16-25(22)33-29(34-28)41-17-21-14-30(4,31)18-36(21)5;;;/h4-10,23-24H,1,11-12,14-21H2,2-3H3;6-7,9,15,22,33H,1,8,10-14,16-19H2,2-5H3;6,13,15,21H,1,7-12,14,16-18H2,2-5H3,(H,32,35);1H4;2*1H2/t23-,24-,33?;22-,31?;21-,30?;;;/m000.../s1. The van der Waals surface area contributed by atoms with Gasteiger partial charge in [-0.05, 0) is 165 Å². The molecule has 0 radical (unpaired) electrons. The minimum Gasteiger partial charge on any atom is -0.462 e. The number of nitriles is 1. The van der Waals surface area contributed by atoms with E-state index in [2.05, 4.69) is 134 Å². The number of hydrogen-bond donors (Lipinski definition) is 2. The van der Waals surface area contributed by atoms with Gasteiger partial charge in [0.15, 0.2) is 0 Å². The Hall–Kier alpha value is -10.6. The Kier molecular flexibility index (Phi) is 29.7. The molecule has 9 aromatic rings. The molecule has 9 aliphatic heterocycles. The number of carbonyl (C=O) groups is 3. The molecular weight excluding hydrogens is 1700 g/mol. The lowest BCUT2D eigenvalue weighted by molar-refractivity contribution is -0.128. The number of aromatic amines is 2. The van der Waals surface area contributed by atoms with E-state index in [9.17, 15) is 32.8 Å². The second-order valence-electron chi connectivity index (χ2n) is 36.2. The average Bonchev–Trinajstić information content (AvgIpc) is 1.75. The number of amides is 3. The number of piperazine rings is 3. The maximum Gasteiger partial charge on any atom is 0.318 e. The first-order chi connectivity index (χ1) is 60.4. The smallest absolute Gasteiger partial charge is 0.318 e. The Morgan fingerprint density at radius 3 is 1.40 bits per heavy atom. The van der Waals surface area contributed by atoms with E-state index >= 15 is 0 Å². The number of anilines is 6. The molecule has 2 N–H and O–H groups in total. The van der Waals surface area contributed by atoms with Gasteiger partial charge < -0.3 is 63.3 Å². The Morgan fingerprint density at radius 1 is 0.535 bits per heavy atom. The van der Waals surface area contributed by atoms with E-state index in [-0.39, 0.29) is 95.3 Å². The van der Waals surface area contributed by atoms with Crippen molar-refractivity contribution in [1.29, 1.82) is 5.26 Å². The topological polar surface area (TPSA) is 263 Å². The molecule has 690 valence electrons. The number of nitrogens with zero attached hydrogens (tertiary/aromatic N) is 20. The molecule has 0 bridgehead atoms. The highest BCUT2D eigenvalue weighted by molar-refractivity contribution is 7.59. The first-order valence-electron chi connectivity index (χ1n) is 44.0. The summed E-state index contributed by atoms with van der Waals surface area (Å²) in [5.74, 6) is 2.26. The Bertz CT molecular complexity index is 5450. The Balaban J connectivity index is 0.000000163. The molecule has 9 aliphatic rings. The third-order valence-electron chi connectivity index (χ3n) is 26.9. The van der Waals surface area contributed by atoms with Crippen molar-refractivity contribution in [3.8, 4) is 24.1 Å². The number of H-pyrrole nitrogens is 2. The van der Waals surface area contributed by atoms with Gasteiger partial charge >= 0.3 is 18.0 Å². The number of aryl methyl sites for hydroxylation is 2. The van der Waals surface area contributed by atoms with Crippen LogP contribution in [0.1, 0.15) is 110 Å². The molecule has 5 aromatic heterocycles. The van der Waals surface area contributed by atoms with E-state index in [1.807, 2.05) is 76.2 Å². The fourth-order valence-electron chi connectivity index (χ4n) is 20.2. The van der Waals surface area contributed by atoms with Crippen LogP contribution < -0.4 is 43.6 Å². The van der Waals surface area contributed by atoms with E-state index < -0.39 is 17.0 Å². The summed E-state index contributed by atoms with van der Waals surface area (Å²) in [4.78, 5) is 94.9. The van der Waals surface area contributed by atoms with Gasteiger partial charge in [0.1, 0.15) is 54.3 Å². The fraction of sp³-hybridized carbons (Fsp3) is 0.505. The van der Waals surface area contributed by atoms with Gasteiger partial charge in [-0.25, -0.2) is 13.2 Å². The maximum atomic E-state index is 14.7. The third-order valence-corrected chi connectivity index (χ3v) is 27.3. The molecule has 14 heterocycles. The number of nitrogens with one attached hydrogen (secondary N) is 2.